The van der Waals surface area contributed by atoms with Crippen LogP contribution in [0.4, 0.5) is 0 Å². The molecule has 2 aromatic rings. The van der Waals surface area contributed by atoms with Crippen molar-refractivity contribution in [2.75, 3.05) is 7.11 Å². The lowest BCUT2D eigenvalue weighted by Crippen LogP contribution is -2.18. The van der Waals surface area contributed by atoms with E-state index in [2.05, 4.69) is 15.5 Å². The van der Waals surface area contributed by atoms with Gasteiger partial charge in [-0.1, -0.05) is 22.5 Å². The van der Waals surface area contributed by atoms with E-state index in [0.29, 0.717) is 6.54 Å². The van der Waals surface area contributed by atoms with Gasteiger partial charge in [-0.2, -0.15) is 0 Å². The van der Waals surface area contributed by atoms with Crippen molar-refractivity contribution in [3.8, 4) is 5.75 Å². The fourth-order valence-electron chi connectivity index (χ4n) is 2.24. The van der Waals surface area contributed by atoms with Crippen LogP contribution < -0.4 is 4.74 Å². The van der Waals surface area contributed by atoms with Gasteiger partial charge in [0.25, 0.3) is 0 Å². The zero-order chi connectivity index (χ0) is 16.3. The van der Waals surface area contributed by atoms with Gasteiger partial charge < -0.3 is 9.57 Å². The third-order valence-corrected chi connectivity index (χ3v) is 4.44. The summed E-state index contributed by atoms with van der Waals surface area (Å²) in [7, 11) is 1.66. The molecule has 23 heavy (non-hydrogen) atoms. The summed E-state index contributed by atoms with van der Waals surface area (Å²) < 4.78 is 7.00. The minimum Gasteiger partial charge on any atom is -0.497 e. The van der Waals surface area contributed by atoms with Crippen LogP contribution in [-0.4, -0.2) is 32.7 Å². The first-order chi connectivity index (χ1) is 11.0. The number of ether oxygens (including phenoxy) is 1. The number of methoxy groups -OCH3 is 1. The molecule has 0 saturated heterocycles. The van der Waals surface area contributed by atoms with E-state index in [0.717, 1.165) is 34.2 Å². The molecule has 122 valence electrons. The monoisotopic (exact) mass is 332 g/mol. The standard InChI is InChI=1S/C16H20N4O2S/c1-16(2)8-15(18-22-16)23-11-13-10-20(19-17-13)9-12-4-6-14(21-3)7-5-12/h4-7,10H,8-9,11H2,1-3H3. The van der Waals surface area contributed by atoms with Crippen LogP contribution in [0.25, 0.3) is 0 Å². The molecule has 1 aromatic heterocycles. The van der Waals surface area contributed by atoms with Crippen LogP contribution in [0.3, 0.4) is 0 Å². The number of benzene rings is 1. The molecule has 0 saturated carbocycles. The van der Waals surface area contributed by atoms with E-state index < -0.39 is 0 Å². The lowest BCUT2D eigenvalue weighted by Gasteiger charge is -2.12. The number of rotatable bonds is 5. The molecule has 0 atom stereocenters. The molecule has 0 aliphatic carbocycles. The van der Waals surface area contributed by atoms with Crippen LogP contribution in [0.1, 0.15) is 31.5 Å². The minimum atomic E-state index is -0.186. The quantitative estimate of drug-likeness (QED) is 0.842. The SMILES string of the molecule is COc1ccc(Cn2cc(CSC3=NOC(C)(C)C3)nn2)cc1. The average Bonchev–Trinajstić information content (AvgIpc) is 3.12. The molecule has 0 bridgehead atoms. The lowest BCUT2D eigenvalue weighted by atomic mass is 10.1. The third kappa shape index (κ3) is 4.25. The molecule has 3 rings (SSSR count). The Balaban J connectivity index is 1.53. The predicted octanol–water partition coefficient (Wildman–Crippen LogP) is 3.08. The molecule has 0 spiro atoms. The van der Waals surface area contributed by atoms with Gasteiger partial charge in [0.05, 0.1) is 19.3 Å². The number of aromatic nitrogens is 3. The Morgan fingerprint density at radius 1 is 1.30 bits per heavy atom. The van der Waals surface area contributed by atoms with E-state index in [1.807, 2.05) is 49.0 Å². The Bertz CT molecular complexity index is 694. The molecule has 0 N–H and O–H groups in total. The smallest absolute Gasteiger partial charge is 0.138 e. The molecule has 1 aromatic carbocycles. The Kier molecular flexibility index (Phi) is 4.56. The maximum Gasteiger partial charge on any atom is 0.138 e. The van der Waals surface area contributed by atoms with Crippen molar-refractivity contribution < 1.29 is 9.57 Å². The van der Waals surface area contributed by atoms with Crippen molar-refractivity contribution in [3.05, 3.63) is 41.7 Å². The highest BCUT2D eigenvalue weighted by Gasteiger charge is 2.29. The summed E-state index contributed by atoms with van der Waals surface area (Å²) in [6.07, 6.45) is 2.82. The Hall–Kier alpha value is -2.02. The number of oxime groups is 1. The molecular formula is C16H20N4O2S. The maximum absolute atomic E-state index is 5.36. The summed E-state index contributed by atoms with van der Waals surface area (Å²) in [4.78, 5) is 5.36. The molecule has 0 radical (unpaired) electrons. The van der Waals surface area contributed by atoms with Gasteiger partial charge in [-0.15, -0.1) is 16.9 Å². The average molecular weight is 332 g/mol. The highest BCUT2D eigenvalue weighted by Crippen LogP contribution is 2.28. The van der Waals surface area contributed by atoms with Gasteiger partial charge in [0.2, 0.25) is 0 Å². The zero-order valence-electron chi connectivity index (χ0n) is 13.5. The van der Waals surface area contributed by atoms with Gasteiger partial charge in [-0.3, -0.25) is 0 Å². The zero-order valence-corrected chi connectivity index (χ0v) is 14.3. The van der Waals surface area contributed by atoms with E-state index in [1.165, 1.54) is 0 Å². The predicted molar refractivity (Wildman–Crippen MR) is 90.6 cm³/mol. The number of hydrogen-bond donors (Lipinski definition) is 0. The summed E-state index contributed by atoms with van der Waals surface area (Å²) in [5.41, 5.74) is 1.91. The summed E-state index contributed by atoms with van der Waals surface area (Å²) in [6, 6.07) is 7.95. The molecule has 1 aliphatic rings. The molecule has 7 heteroatoms. The first-order valence-electron chi connectivity index (χ1n) is 7.44. The fourth-order valence-corrected chi connectivity index (χ4v) is 3.22. The van der Waals surface area contributed by atoms with Crippen LogP contribution in [0.5, 0.6) is 5.75 Å². The summed E-state index contributed by atoms with van der Waals surface area (Å²) in [5, 5.41) is 13.5. The second-order valence-corrected chi connectivity index (χ2v) is 7.11. The van der Waals surface area contributed by atoms with Crippen LogP contribution in [-0.2, 0) is 17.1 Å². The van der Waals surface area contributed by atoms with Crippen molar-refractivity contribution >= 4 is 16.8 Å². The van der Waals surface area contributed by atoms with Crippen molar-refractivity contribution in [1.29, 1.82) is 0 Å². The molecular weight excluding hydrogens is 312 g/mol. The second kappa shape index (κ2) is 6.62. The van der Waals surface area contributed by atoms with E-state index >= 15 is 0 Å². The summed E-state index contributed by atoms with van der Waals surface area (Å²) >= 11 is 1.66. The van der Waals surface area contributed by atoms with Gasteiger partial charge in [0.15, 0.2) is 0 Å². The van der Waals surface area contributed by atoms with Gasteiger partial charge in [-0.25, -0.2) is 4.68 Å². The Morgan fingerprint density at radius 2 is 2.09 bits per heavy atom. The lowest BCUT2D eigenvalue weighted by molar-refractivity contribution is 0.0123. The molecule has 0 fully saturated rings. The Morgan fingerprint density at radius 3 is 2.74 bits per heavy atom. The molecule has 2 heterocycles. The van der Waals surface area contributed by atoms with E-state index in [4.69, 9.17) is 9.57 Å². The molecule has 0 unspecified atom stereocenters. The van der Waals surface area contributed by atoms with Crippen LogP contribution >= 0.6 is 11.8 Å². The first-order valence-corrected chi connectivity index (χ1v) is 8.42. The summed E-state index contributed by atoms with van der Waals surface area (Å²) in [6.45, 7) is 4.77. The number of thioether (sulfide) groups is 1. The van der Waals surface area contributed by atoms with Gasteiger partial charge in [0.1, 0.15) is 16.4 Å². The maximum atomic E-state index is 5.36. The third-order valence-electron chi connectivity index (χ3n) is 3.45. The topological polar surface area (TPSA) is 61.5 Å². The highest BCUT2D eigenvalue weighted by molar-refractivity contribution is 8.13. The summed E-state index contributed by atoms with van der Waals surface area (Å²) in [5.74, 6) is 1.60. The molecule has 6 nitrogen and oxygen atoms in total. The molecule has 0 amide bonds. The van der Waals surface area contributed by atoms with Crippen molar-refractivity contribution in [2.24, 2.45) is 5.16 Å². The number of nitrogens with zero attached hydrogens (tertiary/aromatic N) is 4. The van der Waals surface area contributed by atoms with E-state index in [-0.39, 0.29) is 5.60 Å². The fraction of sp³-hybridized carbons (Fsp3) is 0.438. The Labute approximate surface area is 139 Å². The normalized spacial score (nSPS) is 16.0. The van der Waals surface area contributed by atoms with Crippen molar-refractivity contribution in [3.63, 3.8) is 0 Å². The van der Waals surface area contributed by atoms with Gasteiger partial charge in [-0.05, 0) is 31.5 Å². The van der Waals surface area contributed by atoms with E-state index in [1.54, 1.807) is 18.9 Å². The van der Waals surface area contributed by atoms with Crippen molar-refractivity contribution in [2.45, 2.75) is 38.2 Å². The largest absolute Gasteiger partial charge is 0.497 e. The van der Waals surface area contributed by atoms with Crippen LogP contribution in [0, 0.1) is 0 Å². The molecule has 1 aliphatic heterocycles. The highest BCUT2D eigenvalue weighted by atomic mass is 32.2. The van der Waals surface area contributed by atoms with Crippen LogP contribution in [0.2, 0.25) is 0 Å². The van der Waals surface area contributed by atoms with Crippen molar-refractivity contribution in [1.82, 2.24) is 15.0 Å². The van der Waals surface area contributed by atoms with Crippen LogP contribution in [0.15, 0.2) is 35.6 Å². The van der Waals surface area contributed by atoms with Gasteiger partial charge in [0, 0.05) is 18.4 Å². The van der Waals surface area contributed by atoms with Gasteiger partial charge >= 0.3 is 0 Å². The van der Waals surface area contributed by atoms with E-state index in [9.17, 15) is 0 Å². The minimum absolute atomic E-state index is 0.186. The second-order valence-electron chi connectivity index (χ2n) is 6.06. The first kappa shape index (κ1) is 15.9. The number of hydrogen-bond acceptors (Lipinski definition) is 6.